The molecule has 3 amide bonds. The summed E-state index contributed by atoms with van der Waals surface area (Å²) >= 11 is 0. The molecule has 0 radical (unpaired) electrons. The van der Waals surface area contributed by atoms with Crippen LogP contribution >= 0.6 is 0 Å². The maximum absolute atomic E-state index is 13.8. The Morgan fingerprint density at radius 2 is 1.57 bits per heavy atom. The number of piperazine rings is 1. The summed E-state index contributed by atoms with van der Waals surface area (Å²) in [4.78, 5) is 65.2. The van der Waals surface area contributed by atoms with Crippen LogP contribution in [0.4, 0.5) is 9.18 Å². The van der Waals surface area contributed by atoms with Gasteiger partial charge in [-0.25, -0.2) is 9.18 Å². The zero-order chi connectivity index (χ0) is 31.5. The largest absolute Gasteiger partial charge is 0.496 e. The second-order valence-corrected chi connectivity index (χ2v) is 11.7. The summed E-state index contributed by atoms with van der Waals surface area (Å²) in [5.41, 5.74) is 1.65. The van der Waals surface area contributed by atoms with Crippen LogP contribution in [0.2, 0.25) is 0 Å². The molecule has 3 aromatic rings. The molecule has 0 saturated carbocycles. The molecule has 0 bridgehead atoms. The average molecular weight is 608 g/mol. The number of amides is 3. The molecular formula is C32H38FN5O6. The van der Waals surface area contributed by atoms with Crippen molar-refractivity contribution < 1.29 is 33.1 Å². The standard InChI is InChI=1S/C32H38FN5O6/c1-34(2)32(42)44-38-20-26(29(39)31(41)37-15-13-35(3)14-16-37)24-18-25(28(43-4)19-27(24)38)30(40)36-11-9-22(10-12-36)17-21-5-7-23(33)8-6-21/h5-8,18-20,22H,9-17H2,1-4H3. The lowest BCUT2D eigenvalue weighted by molar-refractivity contribution is -0.127. The number of halogens is 1. The van der Waals surface area contributed by atoms with Crippen molar-refractivity contribution in [1.29, 1.82) is 0 Å². The second kappa shape index (κ2) is 13.0. The predicted octanol–water partition coefficient (Wildman–Crippen LogP) is 2.95. The van der Waals surface area contributed by atoms with Gasteiger partial charge < -0.3 is 29.2 Å². The molecule has 12 heteroatoms. The SMILES string of the molecule is COc1cc2c(cc1C(=O)N1CCC(Cc3ccc(F)cc3)CC1)c(C(=O)C(=O)N1CCN(C)CC1)cn2OC(=O)N(C)C. The van der Waals surface area contributed by atoms with Crippen molar-refractivity contribution in [2.24, 2.45) is 5.92 Å². The third-order valence-electron chi connectivity index (χ3n) is 8.43. The average Bonchev–Trinajstić information content (AvgIpc) is 3.37. The Balaban J connectivity index is 1.42. The maximum Gasteiger partial charge on any atom is 0.434 e. The number of ether oxygens (including phenoxy) is 1. The van der Waals surface area contributed by atoms with Gasteiger partial charge >= 0.3 is 6.09 Å². The number of nitrogens with zero attached hydrogens (tertiary/aromatic N) is 5. The van der Waals surface area contributed by atoms with E-state index in [4.69, 9.17) is 9.57 Å². The predicted molar refractivity (Wildman–Crippen MR) is 161 cm³/mol. The molecule has 1 aromatic heterocycles. The van der Waals surface area contributed by atoms with E-state index in [9.17, 15) is 23.6 Å². The van der Waals surface area contributed by atoms with Crippen LogP contribution in [-0.4, -0.2) is 116 Å². The topological polar surface area (TPSA) is 105 Å². The number of likely N-dealkylation sites (tertiary alicyclic amines) is 1. The highest BCUT2D eigenvalue weighted by Crippen LogP contribution is 2.32. The number of likely N-dealkylation sites (N-methyl/N-ethyl adjacent to an activating group) is 1. The van der Waals surface area contributed by atoms with Crippen molar-refractivity contribution in [1.82, 2.24) is 24.3 Å². The number of benzene rings is 2. The van der Waals surface area contributed by atoms with Gasteiger partial charge in [0.2, 0.25) is 0 Å². The minimum atomic E-state index is -0.746. The Morgan fingerprint density at radius 1 is 0.909 bits per heavy atom. The van der Waals surface area contributed by atoms with Gasteiger partial charge in [0.05, 0.1) is 30.0 Å². The Bertz CT molecular complexity index is 1550. The molecule has 2 aliphatic heterocycles. The lowest BCUT2D eigenvalue weighted by Crippen LogP contribution is -2.49. The highest BCUT2D eigenvalue weighted by molar-refractivity contribution is 6.45. The van der Waals surface area contributed by atoms with E-state index in [0.29, 0.717) is 56.1 Å². The third-order valence-corrected chi connectivity index (χ3v) is 8.43. The summed E-state index contributed by atoms with van der Waals surface area (Å²) in [7, 11) is 6.44. The van der Waals surface area contributed by atoms with E-state index in [2.05, 4.69) is 4.90 Å². The summed E-state index contributed by atoms with van der Waals surface area (Å²) < 4.78 is 20.0. The lowest BCUT2D eigenvalue weighted by atomic mass is 9.90. The van der Waals surface area contributed by atoms with Gasteiger partial charge in [0.1, 0.15) is 11.6 Å². The van der Waals surface area contributed by atoms with Crippen LogP contribution in [0.3, 0.4) is 0 Å². The molecule has 0 spiro atoms. The van der Waals surface area contributed by atoms with Crippen LogP contribution in [-0.2, 0) is 11.2 Å². The fourth-order valence-electron chi connectivity index (χ4n) is 5.71. The summed E-state index contributed by atoms with van der Waals surface area (Å²) in [5.74, 6) is -1.31. The van der Waals surface area contributed by atoms with Gasteiger partial charge in [0, 0.05) is 64.8 Å². The van der Waals surface area contributed by atoms with Gasteiger partial charge in [-0.2, -0.15) is 4.73 Å². The van der Waals surface area contributed by atoms with E-state index < -0.39 is 17.8 Å². The molecule has 2 saturated heterocycles. The number of carbonyl (C=O) groups excluding carboxylic acids is 4. The Labute approximate surface area is 255 Å². The minimum absolute atomic E-state index is 0.0326. The number of fused-ring (bicyclic) bond motifs is 1. The van der Waals surface area contributed by atoms with Crippen molar-refractivity contribution in [3.8, 4) is 5.75 Å². The summed E-state index contributed by atoms with van der Waals surface area (Å²) in [6.45, 7) is 3.20. The lowest BCUT2D eigenvalue weighted by Gasteiger charge is -2.32. The number of carbonyl (C=O) groups is 4. The Kier molecular flexibility index (Phi) is 9.19. The molecular weight excluding hydrogens is 569 g/mol. The molecule has 2 aliphatic rings. The first-order chi connectivity index (χ1) is 21.0. The number of piperidine rings is 1. The molecule has 0 unspecified atom stereocenters. The molecule has 0 aliphatic carbocycles. The van der Waals surface area contributed by atoms with Crippen LogP contribution in [0.5, 0.6) is 5.75 Å². The highest BCUT2D eigenvalue weighted by Gasteiger charge is 2.32. The molecule has 3 heterocycles. The Hall–Kier alpha value is -4.45. The van der Waals surface area contributed by atoms with Crippen molar-refractivity contribution in [3.05, 3.63) is 65.1 Å². The first-order valence-corrected chi connectivity index (χ1v) is 14.7. The number of ketones is 1. The van der Waals surface area contributed by atoms with E-state index in [-0.39, 0.29) is 28.6 Å². The first-order valence-electron chi connectivity index (χ1n) is 14.7. The van der Waals surface area contributed by atoms with Crippen LogP contribution in [0.1, 0.15) is 39.1 Å². The van der Waals surface area contributed by atoms with Gasteiger partial charge in [-0.3, -0.25) is 14.4 Å². The van der Waals surface area contributed by atoms with Crippen molar-refractivity contribution in [2.45, 2.75) is 19.3 Å². The van der Waals surface area contributed by atoms with E-state index >= 15 is 0 Å². The zero-order valence-corrected chi connectivity index (χ0v) is 25.5. The van der Waals surface area contributed by atoms with Gasteiger partial charge in [-0.05, 0) is 56.0 Å². The van der Waals surface area contributed by atoms with Gasteiger partial charge in [0.25, 0.3) is 17.6 Å². The molecule has 234 valence electrons. The van der Waals surface area contributed by atoms with Gasteiger partial charge in [0.15, 0.2) is 0 Å². The molecule has 0 N–H and O–H groups in total. The number of hydrogen-bond donors (Lipinski definition) is 0. The van der Waals surface area contributed by atoms with Crippen LogP contribution in [0.25, 0.3) is 10.9 Å². The van der Waals surface area contributed by atoms with Crippen LogP contribution < -0.4 is 9.57 Å². The number of aromatic nitrogens is 1. The fraction of sp³-hybridized carbons (Fsp3) is 0.438. The second-order valence-electron chi connectivity index (χ2n) is 11.7. The summed E-state index contributed by atoms with van der Waals surface area (Å²) in [6.07, 6.45) is 3.01. The van der Waals surface area contributed by atoms with Crippen LogP contribution in [0, 0.1) is 11.7 Å². The summed E-state index contributed by atoms with van der Waals surface area (Å²) in [6, 6.07) is 9.60. The molecule has 5 rings (SSSR count). The number of hydrogen-bond acceptors (Lipinski definition) is 7. The number of methoxy groups -OCH3 is 1. The molecule has 2 aromatic carbocycles. The van der Waals surface area contributed by atoms with Gasteiger partial charge in [-0.15, -0.1) is 0 Å². The monoisotopic (exact) mass is 607 g/mol. The Morgan fingerprint density at radius 3 is 2.18 bits per heavy atom. The molecule has 11 nitrogen and oxygen atoms in total. The molecule has 44 heavy (non-hydrogen) atoms. The fourth-order valence-corrected chi connectivity index (χ4v) is 5.71. The molecule has 0 atom stereocenters. The first kappa shape index (κ1) is 31.0. The quantitative estimate of drug-likeness (QED) is 0.301. The van der Waals surface area contributed by atoms with Gasteiger partial charge in [-0.1, -0.05) is 12.1 Å². The van der Waals surface area contributed by atoms with Crippen molar-refractivity contribution in [2.75, 3.05) is 67.5 Å². The third kappa shape index (κ3) is 6.54. The number of rotatable bonds is 7. The van der Waals surface area contributed by atoms with E-state index in [1.165, 1.54) is 49.3 Å². The zero-order valence-electron chi connectivity index (χ0n) is 25.5. The van der Waals surface area contributed by atoms with Crippen molar-refractivity contribution >= 4 is 34.6 Å². The van der Waals surface area contributed by atoms with E-state index in [1.54, 1.807) is 29.2 Å². The highest BCUT2D eigenvalue weighted by atomic mass is 19.1. The smallest absolute Gasteiger partial charge is 0.434 e. The van der Waals surface area contributed by atoms with Crippen LogP contribution in [0.15, 0.2) is 42.6 Å². The normalized spacial score (nSPS) is 16.2. The van der Waals surface area contributed by atoms with E-state index in [1.807, 2.05) is 7.05 Å². The number of Topliss-reactive ketones (excluding diaryl/α,β-unsaturated/α-hetero) is 1. The van der Waals surface area contributed by atoms with Crippen molar-refractivity contribution in [3.63, 3.8) is 0 Å². The summed E-state index contributed by atoms with van der Waals surface area (Å²) in [5, 5.41) is 0.305. The van der Waals surface area contributed by atoms with E-state index in [0.717, 1.165) is 29.6 Å². The maximum atomic E-state index is 13.8. The minimum Gasteiger partial charge on any atom is -0.496 e. The molecule has 2 fully saturated rings.